The monoisotopic (exact) mass is 341 g/mol. The van der Waals surface area contributed by atoms with E-state index >= 15 is 0 Å². The maximum absolute atomic E-state index is 13.3. The number of rotatable bonds is 1. The van der Waals surface area contributed by atoms with Gasteiger partial charge in [-0.15, -0.1) is 0 Å². The summed E-state index contributed by atoms with van der Waals surface area (Å²) >= 11 is 0. The Labute approximate surface area is 150 Å². The lowest BCUT2D eigenvalue weighted by atomic mass is 9.85. The molecule has 2 saturated heterocycles. The molecule has 4 atom stereocenters. The highest BCUT2D eigenvalue weighted by molar-refractivity contribution is 6.23. The topological polar surface area (TPSA) is 64.4 Å². The molecular weight excluding hydrogens is 326 g/mol. The van der Waals surface area contributed by atoms with Crippen LogP contribution in [0.3, 0.4) is 0 Å². The molecule has 5 heteroatoms. The van der Waals surface area contributed by atoms with Crippen LogP contribution in [0.5, 0.6) is 0 Å². The second-order valence-corrected chi connectivity index (χ2v) is 6.81. The molecule has 26 heavy (non-hydrogen) atoms. The van der Waals surface area contributed by atoms with Gasteiger partial charge in [0.15, 0.2) is 0 Å². The minimum atomic E-state index is -0.645. The van der Waals surface area contributed by atoms with Gasteiger partial charge in [0.2, 0.25) is 11.8 Å². The minimum Gasteiger partial charge on any atom is -0.353 e. The Morgan fingerprint density at radius 1 is 0.885 bits per heavy atom. The number of imide groups is 1. The standard InChI is InChI=1S/C21H15N3O2/c22-12-16-17-18(19-15-9-5-4-6-13(15)10-11-23(16)19)21(26)24(20(17)25)14-7-2-1-3-8-14/h1-11,16-19H/t16-,17+,18-,19-/m1/s1. The predicted octanol–water partition coefficient (Wildman–Crippen LogP) is 2.73. The summed E-state index contributed by atoms with van der Waals surface area (Å²) in [5.41, 5.74) is 2.60. The van der Waals surface area contributed by atoms with Gasteiger partial charge in [-0.05, 0) is 29.3 Å². The van der Waals surface area contributed by atoms with E-state index in [1.165, 1.54) is 4.90 Å². The summed E-state index contributed by atoms with van der Waals surface area (Å²) in [6.45, 7) is 0. The molecule has 2 aromatic rings. The first-order chi connectivity index (χ1) is 12.7. The minimum absolute atomic E-state index is 0.218. The van der Waals surface area contributed by atoms with E-state index in [0.717, 1.165) is 11.1 Å². The fourth-order valence-electron chi connectivity index (χ4n) is 4.54. The number of carbonyl (C=O) groups is 2. The first kappa shape index (κ1) is 14.9. The summed E-state index contributed by atoms with van der Waals surface area (Å²) in [7, 11) is 0. The Hall–Kier alpha value is -3.39. The van der Waals surface area contributed by atoms with Gasteiger partial charge in [-0.3, -0.25) is 9.59 Å². The van der Waals surface area contributed by atoms with E-state index < -0.39 is 17.9 Å². The molecule has 0 bridgehead atoms. The van der Waals surface area contributed by atoms with Gasteiger partial charge in [0.25, 0.3) is 0 Å². The third kappa shape index (κ3) is 1.79. The van der Waals surface area contributed by atoms with Crippen molar-refractivity contribution in [2.45, 2.75) is 12.1 Å². The van der Waals surface area contributed by atoms with Crippen LogP contribution in [0, 0.1) is 23.2 Å². The third-order valence-electron chi connectivity index (χ3n) is 5.61. The largest absolute Gasteiger partial charge is 0.353 e. The van der Waals surface area contributed by atoms with Crippen LogP contribution in [-0.2, 0) is 9.59 Å². The Balaban J connectivity index is 1.65. The highest BCUT2D eigenvalue weighted by Gasteiger charge is 2.63. The molecule has 2 aromatic carbocycles. The predicted molar refractivity (Wildman–Crippen MR) is 95.4 cm³/mol. The van der Waals surface area contributed by atoms with E-state index in [-0.39, 0.29) is 17.9 Å². The lowest BCUT2D eigenvalue weighted by Gasteiger charge is -2.33. The molecule has 3 heterocycles. The highest BCUT2D eigenvalue weighted by atomic mass is 16.2. The first-order valence-electron chi connectivity index (χ1n) is 8.59. The van der Waals surface area contributed by atoms with Crippen LogP contribution in [0.4, 0.5) is 5.69 Å². The first-order valence-corrected chi connectivity index (χ1v) is 8.59. The van der Waals surface area contributed by atoms with Crippen LogP contribution in [0.25, 0.3) is 6.08 Å². The number of carbonyl (C=O) groups excluding carboxylic acids is 2. The summed E-state index contributed by atoms with van der Waals surface area (Å²) in [6, 6.07) is 18.2. The van der Waals surface area contributed by atoms with Crippen LogP contribution >= 0.6 is 0 Å². The smallest absolute Gasteiger partial charge is 0.240 e. The van der Waals surface area contributed by atoms with Crippen LogP contribution in [0.1, 0.15) is 17.2 Å². The Bertz CT molecular complexity index is 992. The van der Waals surface area contributed by atoms with Gasteiger partial charge < -0.3 is 4.90 Å². The summed E-state index contributed by atoms with van der Waals surface area (Å²) in [4.78, 5) is 29.5. The lowest BCUT2D eigenvalue weighted by Crippen LogP contribution is -2.40. The number of hydrogen-bond acceptors (Lipinski definition) is 4. The van der Waals surface area contributed by atoms with Gasteiger partial charge in [-0.1, -0.05) is 42.5 Å². The maximum Gasteiger partial charge on any atom is 0.240 e. The molecule has 0 spiro atoms. The van der Waals surface area contributed by atoms with Crippen molar-refractivity contribution in [3.63, 3.8) is 0 Å². The normalized spacial score (nSPS) is 28.6. The zero-order valence-corrected chi connectivity index (χ0v) is 13.8. The van der Waals surface area contributed by atoms with Gasteiger partial charge >= 0.3 is 0 Å². The molecule has 5 rings (SSSR count). The van der Waals surface area contributed by atoms with E-state index in [4.69, 9.17) is 0 Å². The number of anilines is 1. The van der Waals surface area contributed by atoms with Crippen molar-refractivity contribution in [1.82, 2.24) is 4.90 Å². The molecule has 0 radical (unpaired) electrons. The van der Waals surface area contributed by atoms with Gasteiger partial charge in [0.1, 0.15) is 6.04 Å². The third-order valence-corrected chi connectivity index (χ3v) is 5.61. The molecule has 0 saturated carbocycles. The molecule has 3 aliphatic heterocycles. The molecule has 5 nitrogen and oxygen atoms in total. The zero-order chi connectivity index (χ0) is 17.8. The van der Waals surface area contributed by atoms with Gasteiger partial charge in [0.05, 0.1) is 29.6 Å². The van der Waals surface area contributed by atoms with Crippen molar-refractivity contribution in [2.75, 3.05) is 4.90 Å². The van der Waals surface area contributed by atoms with Gasteiger partial charge in [-0.2, -0.15) is 5.26 Å². The molecule has 0 N–H and O–H groups in total. The van der Waals surface area contributed by atoms with Crippen molar-refractivity contribution >= 4 is 23.6 Å². The molecule has 3 aliphatic rings. The molecule has 2 amide bonds. The molecular formula is C21H15N3O2. The van der Waals surface area contributed by atoms with Crippen LogP contribution in [0.2, 0.25) is 0 Å². The van der Waals surface area contributed by atoms with E-state index in [1.54, 1.807) is 24.3 Å². The number of nitrogens with zero attached hydrogens (tertiary/aromatic N) is 3. The second-order valence-electron chi connectivity index (χ2n) is 6.81. The number of fused-ring (bicyclic) bond motifs is 5. The lowest BCUT2D eigenvalue weighted by molar-refractivity contribution is -0.123. The molecule has 0 aromatic heterocycles. The summed E-state index contributed by atoms with van der Waals surface area (Å²) in [6.07, 6.45) is 3.80. The van der Waals surface area contributed by atoms with Crippen molar-refractivity contribution in [2.24, 2.45) is 11.8 Å². The SMILES string of the molecule is N#C[C@@H]1[C@@H]2C(=O)N(c3ccccc3)C(=O)[C@H]2[C@H]2c3ccccc3C=CN12. The zero-order valence-electron chi connectivity index (χ0n) is 13.8. The van der Waals surface area contributed by atoms with Gasteiger partial charge in [-0.25, -0.2) is 4.90 Å². The molecule has 126 valence electrons. The van der Waals surface area contributed by atoms with Crippen LogP contribution < -0.4 is 4.90 Å². The van der Waals surface area contributed by atoms with E-state index in [1.807, 2.05) is 47.5 Å². The Kier molecular flexibility index (Phi) is 3.04. The average molecular weight is 341 g/mol. The van der Waals surface area contributed by atoms with Crippen LogP contribution in [-0.4, -0.2) is 22.8 Å². The summed E-state index contributed by atoms with van der Waals surface area (Å²) in [5, 5.41) is 9.75. The van der Waals surface area contributed by atoms with Crippen LogP contribution in [0.15, 0.2) is 60.8 Å². The van der Waals surface area contributed by atoms with Crippen molar-refractivity contribution in [3.05, 3.63) is 71.9 Å². The van der Waals surface area contributed by atoms with E-state index in [9.17, 15) is 14.9 Å². The number of benzene rings is 2. The fourth-order valence-corrected chi connectivity index (χ4v) is 4.54. The van der Waals surface area contributed by atoms with Crippen molar-refractivity contribution in [3.8, 4) is 6.07 Å². The number of nitriles is 1. The number of para-hydroxylation sites is 1. The Morgan fingerprint density at radius 3 is 2.35 bits per heavy atom. The summed E-state index contributed by atoms with van der Waals surface area (Å²) < 4.78 is 0. The molecule has 2 fully saturated rings. The fraction of sp³-hybridized carbons (Fsp3) is 0.190. The molecule has 0 unspecified atom stereocenters. The number of amides is 2. The van der Waals surface area contributed by atoms with Crippen molar-refractivity contribution in [1.29, 1.82) is 5.26 Å². The second kappa shape index (κ2) is 5.30. The molecule has 0 aliphatic carbocycles. The average Bonchev–Trinajstić information content (AvgIpc) is 3.15. The highest BCUT2D eigenvalue weighted by Crippen LogP contribution is 2.52. The quantitative estimate of drug-likeness (QED) is 0.748. The Morgan fingerprint density at radius 2 is 1.58 bits per heavy atom. The van der Waals surface area contributed by atoms with Gasteiger partial charge in [0, 0.05) is 6.20 Å². The number of hydrogen-bond donors (Lipinski definition) is 0. The van der Waals surface area contributed by atoms with E-state index in [2.05, 4.69) is 6.07 Å². The van der Waals surface area contributed by atoms with Crippen molar-refractivity contribution < 1.29 is 9.59 Å². The summed E-state index contributed by atoms with van der Waals surface area (Å²) in [5.74, 6) is -1.69. The van der Waals surface area contributed by atoms with E-state index in [0.29, 0.717) is 5.69 Å². The maximum atomic E-state index is 13.3.